The number of sulfone groups is 1. The number of halogens is 3. The van der Waals surface area contributed by atoms with Gasteiger partial charge in [-0.15, -0.1) is 11.8 Å². The monoisotopic (exact) mass is 841 g/mol. The van der Waals surface area contributed by atoms with Gasteiger partial charge in [-0.25, -0.2) is 26.4 Å². The summed E-state index contributed by atoms with van der Waals surface area (Å²) in [5.74, 6) is -0.716. The highest BCUT2D eigenvalue weighted by molar-refractivity contribution is 7.99. The van der Waals surface area contributed by atoms with E-state index in [0.717, 1.165) is 17.0 Å². The van der Waals surface area contributed by atoms with E-state index in [1.54, 1.807) is 37.8 Å². The van der Waals surface area contributed by atoms with Crippen LogP contribution in [-0.4, -0.2) is 121 Å². The minimum Gasteiger partial charge on any atom is -0.444 e. The average Bonchev–Trinajstić information content (AvgIpc) is 3.15. The smallest absolute Gasteiger partial charge is 0.444 e. The SMILES string of the molecule is CC(C)(C)OC(=O)N1CCN(c2ccc(C(=O)NS(=O)(=O)c3ccc(NC(CCN4CCOCC4)CSc4ccccc4)c(S(=O)(=O)C(F)(F)F)c3)cc2)CC1. The Hall–Kier alpha value is -4.04. The van der Waals surface area contributed by atoms with E-state index in [-0.39, 0.29) is 5.56 Å². The number of anilines is 2. The van der Waals surface area contributed by atoms with Gasteiger partial charge in [-0.3, -0.25) is 9.69 Å². The van der Waals surface area contributed by atoms with Crippen LogP contribution in [0.1, 0.15) is 37.6 Å². The van der Waals surface area contributed by atoms with Crippen LogP contribution < -0.4 is 14.9 Å². The van der Waals surface area contributed by atoms with E-state index in [1.165, 1.54) is 23.9 Å². The quantitative estimate of drug-likeness (QED) is 0.211. The molecule has 19 heteroatoms. The molecule has 3 aromatic carbocycles. The van der Waals surface area contributed by atoms with Gasteiger partial charge >= 0.3 is 11.6 Å². The van der Waals surface area contributed by atoms with Crippen LogP contribution in [0.15, 0.2) is 87.5 Å². The van der Waals surface area contributed by atoms with Crippen molar-refractivity contribution >= 4 is 55.0 Å². The molecule has 0 aliphatic carbocycles. The fraction of sp³-hybridized carbons (Fsp3) is 0.459. The van der Waals surface area contributed by atoms with Crippen molar-refractivity contribution in [1.29, 1.82) is 0 Å². The third kappa shape index (κ3) is 11.5. The third-order valence-corrected chi connectivity index (χ3v) is 13.0. The first-order chi connectivity index (χ1) is 26.3. The molecule has 0 spiro atoms. The summed E-state index contributed by atoms with van der Waals surface area (Å²) in [5, 5.41) is 2.96. The Balaban J connectivity index is 1.31. The molecular weight excluding hydrogens is 796 g/mol. The average molecular weight is 842 g/mol. The van der Waals surface area contributed by atoms with Crippen molar-refractivity contribution in [3.05, 3.63) is 78.4 Å². The van der Waals surface area contributed by atoms with Crippen LogP contribution in [-0.2, 0) is 29.3 Å². The van der Waals surface area contributed by atoms with Crippen LogP contribution in [0, 0.1) is 0 Å². The molecule has 2 aliphatic rings. The second-order valence-corrected chi connectivity index (χ2v) is 18.9. The van der Waals surface area contributed by atoms with Gasteiger partial charge in [0.15, 0.2) is 0 Å². The predicted octanol–water partition coefficient (Wildman–Crippen LogP) is 5.45. The number of nitrogens with zero attached hydrogens (tertiary/aromatic N) is 3. The number of piperazine rings is 1. The van der Waals surface area contributed by atoms with Crippen LogP contribution in [0.2, 0.25) is 0 Å². The lowest BCUT2D eigenvalue weighted by molar-refractivity contribution is -0.0436. The third-order valence-electron chi connectivity index (χ3n) is 8.96. The molecule has 13 nitrogen and oxygen atoms in total. The van der Waals surface area contributed by atoms with E-state index < -0.39 is 64.5 Å². The van der Waals surface area contributed by atoms with Gasteiger partial charge in [0.25, 0.3) is 25.8 Å². The number of hydrogen-bond donors (Lipinski definition) is 2. The maximum atomic E-state index is 14.1. The molecule has 0 aromatic heterocycles. The highest BCUT2D eigenvalue weighted by Gasteiger charge is 2.48. The Morgan fingerprint density at radius 2 is 1.52 bits per heavy atom. The normalized spacial score (nSPS) is 16.6. The summed E-state index contributed by atoms with van der Waals surface area (Å²) in [6, 6.07) is 17.1. The Morgan fingerprint density at radius 3 is 2.12 bits per heavy atom. The summed E-state index contributed by atoms with van der Waals surface area (Å²) in [7, 11) is -10.9. The van der Waals surface area contributed by atoms with Crippen molar-refractivity contribution in [2.24, 2.45) is 0 Å². The summed E-state index contributed by atoms with van der Waals surface area (Å²) in [5.41, 5.74) is -6.15. The van der Waals surface area contributed by atoms with E-state index in [2.05, 4.69) is 10.2 Å². The number of carbonyl (C=O) groups is 2. The van der Waals surface area contributed by atoms with Gasteiger partial charge in [0, 0.05) is 73.8 Å². The number of rotatable bonds is 13. The Labute approximate surface area is 329 Å². The van der Waals surface area contributed by atoms with E-state index in [4.69, 9.17) is 9.47 Å². The van der Waals surface area contributed by atoms with Crippen molar-refractivity contribution < 1.29 is 49.1 Å². The number of sulfonamides is 1. The second-order valence-electron chi connectivity index (χ2n) is 14.3. The van der Waals surface area contributed by atoms with Crippen LogP contribution in [0.4, 0.5) is 29.3 Å². The minimum absolute atomic E-state index is 0.0647. The number of ether oxygens (including phenoxy) is 2. The molecule has 2 heterocycles. The Bertz CT molecular complexity index is 2040. The maximum Gasteiger partial charge on any atom is 0.501 e. The molecule has 1 unspecified atom stereocenters. The number of amides is 2. The molecule has 2 aliphatic heterocycles. The molecule has 1 atom stereocenters. The van der Waals surface area contributed by atoms with Crippen LogP contribution in [0.5, 0.6) is 0 Å². The van der Waals surface area contributed by atoms with Crippen molar-refractivity contribution in [2.45, 2.75) is 59.0 Å². The largest absolute Gasteiger partial charge is 0.501 e. The lowest BCUT2D eigenvalue weighted by Crippen LogP contribution is -2.50. The standard InChI is InChI=1S/C37H46F3N5O8S3/c1-36(2,3)53-35(47)45-19-17-44(18-20-45)29-11-9-27(10-12-29)34(46)42-56(50,51)31-13-14-32(33(25-31)55(48,49)37(38,39)40)41-28(15-16-43-21-23-52-24-22-43)26-54-30-7-5-4-6-8-30/h4-14,25,28,41H,15-24,26H2,1-3H3,(H,42,46). The van der Waals surface area contributed by atoms with Gasteiger partial charge in [-0.05, 0) is 81.8 Å². The molecule has 0 bridgehead atoms. The van der Waals surface area contributed by atoms with Crippen molar-refractivity contribution in [3.63, 3.8) is 0 Å². The Kier molecular flexibility index (Phi) is 13.9. The van der Waals surface area contributed by atoms with E-state index in [9.17, 15) is 39.6 Å². The number of morpholine rings is 1. The zero-order valence-electron chi connectivity index (χ0n) is 31.2. The van der Waals surface area contributed by atoms with Gasteiger partial charge in [0.1, 0.15) is 10.5 Å². The lowest BCUT2D eigenvalue weighted by atomic mass is 10.1. The zero-order chi connectivity index (χ0) is 40.7. The maximum absolute atomic E-state index is 14.1. The minimum atomic E-state index is -6.06. The fourth-order valence-electron chi connectivity index (χ4n) is 5.97. The number of benzene rings is 3. The molecule has 3 aromatic rings. The second kappa shape index (κ2) is 18.0. The molecule has 0 radical (unpaired) electrons. The molecule has 56 heavy (non-hydrogen) atoms. The molecule has 2 saturated heterocycles. The predicted molar refractivity (Wildman–Crippen MR) is 207 cm³/mol. The topological polar surface area (TPSA) is 155 Å². The summed E-state index contributed by atoms with van der Waals surface area (Å²) >= 11 is 1.43. The Morgan fingerprint density at radius 1 is 0.875 bits per heavy atom. The summed E-state index contributed by atoms with van der Waals surface area (Å²) < 4.78 is 107. The lowest BCUT2D eigenvalue weighted by Gasteiger charge is -2.36. The van der Waals surface area contributed by atoms with Gasteiger partial charge in [-0.2, -0.15) is 13.2 Å². The molecular formula is C37H46F3N5O8S3. The first-order valence-electron chi connectivity index (χ1n) is 17.9. The van der Waals surface area contributed by atoms with Crippen LogP contribution in [0.25, 0.3) is 0 Å². The van der Waals surface area contributed by atoms with Gasteiger partial charge in [0.05, 0.1) is 23.8 Å². The number of thioether (sulfide) groups is 1. The number of alkyl halides is 3. The first kappa shape index (κ1) is 43.1. The van der Waals surface area contributed by atoms with E-state index in [1.807, 2.05) is 40.0 Å². The first-order valence-corrected chi connectivity index (χ1v) is 21.9. The van der Waals surface area contributed by atoms with Gasteiger partial charge in [-0.1, -0.05) is 18.2 Å². The molecule has 2 fully saturated rings. The molecule has 2 N–H and O–H groups in total. The molecule has 2 amide bonds. The van der Waals surface area contributed by atoms with Gasteiger partial charge in [0.2, 0.25) is 0 Å². The number of nitrogens with one attached hydrogen (secondary N) is 2. The van der Waals surface area contributed by atoms with Crippen molar-refractivity contribution in [2.75, 3.05) is 75.0 Å². The van der Waals surface area contributed by atoms with Crippen molar-refractivity contribution in [1.82, 2.24) is 14.5 Å². The highest BCUT2D eigenvalue weighted by Crippen LogP contribution is 2.37. The zero-order valence-corrected chi connectivity index (χ0v) is 33.7. The summed E-state index contributed by atoms with van der Waals surface area (Å²) in [6.45, 7) is 10.1. The van der Waals surface area contributed by atoms with E-state index >= 15 is 0 Å². The van der Waals surface area contributed by atoms with Crippen molar-refractivity contribution in [3.8, 4) is 0 Å². The number of hydrogen-bond acceptors (Lipinski definition) is 12. The van der Waals surface area contributed by atoms with Gasteiger partial charge < -0.3 is 24.6 Å². The molecule has 306 valence electrons. The summed E-state index contributed by atoms with van der Waals surface area (Å²) in [4.78, 5) is 30.0. The fourth-order valence-corrected chi connectivity index (χ4v) is 8.98. The molecule has 5 rings (SSSR count). The van der Waals surface area contributed by atoms with E-state index in [0.29, 0.717) is 83.0 Å². The molecule has 0 saturated carbocycles. The summed E-state index contributed by atoms with van der Waals surface area (Å²) in [6.07, 6.45) is 0.0173. The van der Waals surface area contributed by atoms with Crippen LogP contribution in [0.3, 0.4) is 0 Å². The highest BCUT2D eigenvalue weighted by atomic mass is 32.2. The van der Waals surface area contributed by atoms with Crippen LogP contribution >= 0.6 is 11.8 Å². The number of carbonyl (C=O) groups excluding carboxylic acids is 2.